The number of hydrogen-bond acceptors (Lipinski definition) is 2. The van der Waals surface area contributed by atoms with Gasteiger partial charge in [-0.05, 0) is 50.4 Å². The molecule has 0 aliphatic rings. The predicted octanol–water partition coefficient (Wildman–Crippen LogP) is 3.96. The summed E-state index contributed by atoms with van der Waals surface area (Å²) in [6.45, 7) is 5.60. The largest absolute Gasteiger partial charge is 0.397 e. The van der Waals surface area contributed by atoms with Gasteiger partial charge < -0.3 is 8.85 Å². The van der Waals surface area contributed by atoms with E-state index < -0.39 is 9.28 Å². The van der Waals surface area contributed by atoms with Crippen molar-refractivity contribution in [2.24, 2.45) is 0 Å². The predicted molar refractivity (Wildman–Crippen MR) is 79.6 cm³/mol. The van der Waals surface area contributed by atoms with Gasteiger partial charge in [0.1, 0.15) is 0 Å². The van der Waals surface area contributed by atoms with Gasteiger partial charge in [0, 0.05) is 18.2 Å². The standard InChI is InChI=1S/C14H23ClO2Si/c1-3-16-18(17-4-2)11-6-5-8-13-9-7-10-14(15)12-13/h7,9-10,12,18H,3-6,8,11H2,1-2H3. The van der Waals surface area contributed by atoms with Crippen LogP contribution in [0.3, 0.4) is 0 Å². The maximum atomic E-state index is 5.96. The normalized spacial score (nSPS) is 11.1. The first-order chi connectivity index (χ1) is 8.76. The van der Waals surface area contributed by atoms with Gasteiger partial charge in [0.25, 0.3) is 0 Å². The molecule has 4 heteroatoms. The van der Waals surface area contributed by atoms with Crippen molar-refractivity contribution in [2.45, 2.75) is 39.2 Å². The van der Waals surface area contributed by atoms with Gasteiger partial charge in [-0.2, -0.15) is 0 Å². The van der Waals surface area contributed by atoms with Crippen molar-refractivity contribution in [1.82, 2.24) is 0 Å². The Balaban J connectivity index is 2.20. The van der Waals surface area contributed by atoms with Crippen LogP contribution in [-0.2, 0) is 15.3 Å². The number of rotatable bonds is 9. The van der Waals surface area contributed by atoms with Crippen LogP contribution < -0.4 is 0 Å². The molecule has 0 spiro atoms. The van der Waals surface area contributed by atoms with Crippen LogP contribution in [0.25, 0.3) is 0 Å². The molecule has 0 radical (unpaired) electrons. The highest BCUT2D eigenvalue weighted by atomic mass is 35.5. The summed E-state index contributed by atoms with van der Waals surface area (Å²) < 4.78 is 11.3. The topological polar surface area (TPSA) is 18.5 Å². The van der Waals surface area contributed by atoms with Crippen molar-refractivity contribution >= 4 is 20.9 Å². The Morgan fingerprint density at radius 1 is 1.11 bits per heavy atom. The molecule has 102 valence electrons. The van der Waals surface area contributed by atoms with Crippen LogP contribution in [0.15, 0.2) is 24.3 Å². The van der Waals surface area contributed by atoms with E-state index in [1.54, 1.807) is 0 Å². The lowest BCUT2D eigenvalue weighted by Crippen LogP contribution is -2.22. The molecule has 0 aliphatic carbocycles. The molecule has 0 unspecified atom stereocenters. The van der Waals surface area contributed by atoms with Crippen molar-refractivity contribution in [3.05, 3.63) is 34.9 Å². The minimum absolute atomic E-state index is 0.769. The highest BCUT2D eigenvalue weighted by molar-refractivity contribution is 6.44. The summed E-state index contributed by atoms with van der Waals surface area (Å²) in [5.74, 6) is 0. The first kappa shape index (κ1) is 15.7. The van der Waals surface area contributed by atoms with Gasteiger partial charge in [0.15, 0.2) is 0 Å². The maximum absolute atomic E-state index is 5.96. The van der Waals surface area contributed by atoms with E-state index in [2.05, 4.69) is 6.07 Å². The lowest BCUT2D eigenvalue weighted by molar-refractivity contribution is 0.212. The second-order valence-electron chi connectivity index (χ2n) is 4.22. The van der Waals surface area contributed by atoms with Crippen molar-refractivity contribution in [1.29, 1.82) is 0 Å². The van der Waals surface area contributed by atoms with Gasteiger partial charge in [0.2, 0.25) is 0 Å². The van der Waals surface area contributed by atoms with Gasteiger partial charge in [0.05, 0.1) is 0 Å². The molecule has 1 aromatic carbocycles. The van der Waals surface area contributed by atoms with E-state index in [1.165, 1.54) is 18.4 Å². The third-order valence-electron chi connectivity index (χ3n) is 2.75. The molecule has 0 N–H and O–H groups in total. The Hall–Kier alpha value is -0.353. The van der Waals surface area contributed by atoms with E-state index >= 15 is 0 Å². The average molecular weight is 287 g/mol. The Kier molecular flexibility index (Phi) is 8.34. The van der Waals surface area contributed by atoms with E-state index in [1.807, 2.05) is 32.0 Å². The highest BCUT2D eigenvalue weighted by Gasteiger charge is 2.11. The molecular formula is C14H23ClO2Si. The van der Waals surface area contributed by atoms with Crippen LogP contribution >= 0.6 is 11.6 Å². The van der Waals surface area contributed by atoms with Gasteiger partial charge >= 0.3 is 9.28 Å². The molecule has 1 aromatic rings. The first-order valence-corrected chi connectivity index (χ1v) is 8.87. The molecule has 2 nitrogen and oxygen atoms in total. The Morgan fingerprint density at radius 2 is 1.83 bits per heavy atom. The zero-order valence-electron chi connectivity index (χ0n) is 11.3. The fraction of sp³-hybridized carbons (Fsp3) is 0.571. The van der Waals surface area contributed by atoms with Crippen LogP contribution in [0, 0.1) is 0 Å². The second-order valence-corrected chi connectivity index (χ2v) is 6.76. The summed E-state index contributed by atoms with van der Waals surface area (Å²) in [6, 6.07) is 9.20. The van der Waals surface area contributed by atoms with Crippen molar-refractivity contribution in [3.8, 4) is 0 Å². The summed E-state index contributed by atoms with van der Waals surface area (Å²) in [7, 11) is -1.40. The van der Waals surface area contributed by atoms with Crippen molar-refractivity contribution < 1.29 is 8.85 Å². The second kappa shape index (κ2) is 9.56. The molecule has 0 heterocycles. The monoisotopic (exact) mass is 286 g/mol. The smallest absolute Gasteiger partial charge is 0.321 e. The number of unbranched alkanes of at least 4 members (excludes halogenated alkanes) is 1. The highest BCUT2D eigenvalue weighted by Crippen LogP contribution is 2.14. The molecule has 18 heavy (non-hydrogen) atoms. The van der Waals surface area contributed by atoms with Crippen molar-refractivity contribution in [2.75, 3.05) is 13.2 Å². The van der Waals surface area contributed by atoms with Crippen LogP contribution in [0.4, 0.5) is 0 Å². The molecule has 0 bridgehead atoms. The minimum atomic E-state index is -1.40. The molecule has 0 fully saturated rings. The van der Waals surface area contributed by atoms with E-state index in [4.69, 9.17) is 20.5 Å². The molecule has 1 rings (SSSR count). The summed E-state index contributed by atoms with van der Waals surface area (Å²) in [5, 5.41) is 0.823. The zero-order chi connectivity index (χ0) is 13.2. The van der Waals surface area contributed by atoms with Crippen LogP contribution in [-0.4, -0.2) is 22.5 Å². The Bertz CT molecular complexity index is 327. The Labute approximate surface area is 117 Å². The molecule has 0 atom stereocenters. The van der Waals surface area contributed by atoms with E-state index in [-0.39, 0.29) is 0 Å². The zero-order valence-corrected chi connectivity index (χ0v) is 13.2. The molecule has 0 amide bonds. The number of aryl methyl sites for hydroxylation is 1. The quantitative estimate of drug-likeness (QED) is 0.505. The van der Waals surface area contributed by atoms with Gasteiger partial charge in [-0.1, -0.05) is 30.2 Å². The number of hydrogen-bond donors (Lipinski definition) is 0. The SMILES string of the molecule is CCO[SiH](CCCCc1cccc(Cl)c1)OCC. The summed E-state index contributed by atoms with van der Waals surface area (Å²) >= 11 is 5.96. The maximum Gasteiger partial charge on any atom is 0.321 e. The fourth-order valence-corrected chi connectivity index (χ4v) is 3.93. The van der Waals surface area contributed by atoms with Gasteiger partial charge in [-0.3, -0.25) is 0 Å². The Morgan fingerprint density at radius 3 is 2.44 bits per heavy atom. The molecule has 0 saturated heterocycles. The summed E-state index contributed by atoms with van der Waals surface area (Å²) in [6.07, 6.45) is 3.42. The molecule has 0 aliphatic heterocycles. The average Bonchev–Trinajstić information content (AvgIpc) is 2.35. The van der Waals surface area contributed by atoms with Crippen LogP contribution in [0.2, 0.25) is 11.1 Å². The minimum Gasteiger partial charge on any atom is -0.397 e. The van der Waals surface area contributed by atoms with E-state index in [9.17, 15) is 0 Å². The third-order valence-corrected chi connectivity index (χ3v) is 5.27. The summed E-state index contributed by atoms with van der Waals surface area (Å²) in [4.78, 5) is 0. The van der Waals surface area contributed by atoms with E-state index in [0.29, 0.717) is 0 Å². The molecule has 0 aromatic heterocycles. The van der Waals surface area contributed by atoms with E-state index in [0.717, 1.165) is 30.7 Å². The molecular weight excluding hydrogens is 264 g/mol. The van der Waals surface area contributed by atoms with Gasteiger partial charge in [-0.25, -0.2) is 0 Å². The molecule has 0 saturated carbocycles. The first-order valence-electron chi connectivity index (χ1n) is 6.74. The lowest BCUT2D eigenvalue weighted by Gasteiger charge is -2.14. The fourth-order valence-electron chi connectivity index (χ4n) is 1.92. The van der Waals surface area contributed by atoms with Gasteiger partial charge in [-0.15, -0.1) is 0 Å². The van der Waals surface area contributed by atoms with Crippen LogP contribution in [0.5, 0.6) is 0 Å². The number of benzene rings is 1. The van der Waals surface area contributed by atoms with Crippen LogP contribution in [0.1, 0.15) is 32.3 Å². The lowest BCUT2D eigenvalue weighted by atomic mass is 10.1. The number of halogens is 1. The third kappa shape index (κ3) is 6.54. The summed E-state index contributed by atoms with van der Waals surface area (Å²) in [5.41, 5.74) is 1.31. The van der Waals surface area contributed by atoms with Crippen molar-refractivity contribution in [3.63, 3.8) is 0 Å².